The van der Waals surface area contributed by atoms with E-state index < -0.39 is 0 Å². The third-order valence-electron chi connectivity index (χ3n) is 3.65. The molecule has 19 heavy (non-hydrogen) atoms. The van der Waals surface area contributed by atoms with Crippen molar-refractivity contribution in [1.29, 1.82) is 0 Å². The molecule has 0 aromatic heterocycles. The molecule has 0 saturated carbocycles. The van der Waals surface area contributed by atoms with Crippen LogP contribution in [0.1, 0.15) is 24.8 Å². The van der Waals surface area contributed by atoms with Crippen molar-refractivity contribution in [2.24, 2.45) is 5.73 Å². The number of rotatable bonds is 4. The number of halogens is 1. The molecule has 1 fully saturated rings. The van der Waals surface area contributed by atoms with Crippen LogP contribution in [0.2, 0.25) is 0 Å². The van der Waals surface area contributed by atoms with Crippen LogP contribution in [0.3, 0.4) is 0 Å². The first kappa shape index (κ1) is 14.4. The molecule has 5 nitrogen and oxygen atoms in total. The fraction of sp³-hybridized carbons (Fsp3) is 0.538. The van der Waals surface area contributed by atoms with Gasteiger partial charge in [-0.2, -0.15) is 0 Å². The van der Waals surface area contributed by atoms with E-state index >= 15 is 0 Å². The number of nitro benzene ring substituents is 1. The predicted octanol–water partition coefficient (Wildman–Crippen LogP) is 2.67. The summed E-state index contributed by atoms with van der Waals surface area (Å²) in [6, 6.07) is 5.57. The third kappa shape index (κ3) is 3.32. The summed E-state index contributed by atoms with van der Waals surface area (Å²) in [7, 11) is 0. The number of hydrogen-bond acceptors (Lipinski definition) is 4. The van der Waals surface area contributed by atoms with E-state index in [1.54, 1.807) is 6.07 Å². The molecule has 2 rings (SSSR count). The lowest BCUT2D eigenvalue weighted by Crippen LogP contribution is -2.43. The second kappa shape index (κ2) is 6.45. The molecular formula is C13H18BrN3O2. The Kier molecular flexibility index (Phi) is 4.90. The van der Waals surface area contributed by atoms with Gasteiger partial charge in [0.1, 0.15) is 0 Å². The van der Waals surface area contributed by atoms with Crippen molar-refractivity contribution >= 4 is 21.6 Å². The highest BCUT2D eigenvalue weighted by Gasteiger charge is 2.23. The molecule has 2 N–H and O–H groups in total. The lowest BCUT2D eigenvalue weighted by molar-refractivity contribution is -0.385. The minimum atomic E-state index is -0.357. The first-order valence-corrected chi connectivity index (χ1v) is 7.28. The molecule has 1 aliphatic rings. The first-order valence-electron chi connectivity index (χ1n) is 6.49. The molecule has 1 heterocycles. The average molecular weight is 328 g/mol. The standard InChI is InChI=1S/C13H18BrN3O2/c14-13-10(4-3-6-12(13)17(18)19)9-16-7-2-1-5-11(16)8-15/h3-4,6,11H,1-2,5,7-9,15H2. The Labute approximate surface area is 121 Å². The second-order valence-electron chi connectivity index (χ2n) is 4.86. The van der Waals surface area contributed by atoms with Crippen molar-refractivity contribution < 1.29 is 4.92 Å². The van der Waals surface area contributed by atoms with Gasteiger partial charge in [0, 0.05) is 25.2 Å². The maximum atomic E-state index is 10.9. The number of benzene rings is 1. The van der Waals surface area contributed by atoms with E-state index in [0.29, 0.717) is 23.6 Å². The monoisotopic (exact) mass is 327 g/mol. The number of piperidine rings is 1. The van der Waals surface area contributed by atoms with Gasteiger partial charge in [-0.05, 0) is 40.9 Å². The Morgan fingerprint density at radius 2 is 2.26 bits per heavy atom. The van der Waals surface area contributed by atoms with Gasteiger partial charge in [-0.25, -0.2) is 0 Å². The number of nitro groups is 1. The minimum absolute atomic E-state index is 0.124. The Morgan fingerprint density at radius 3 is 2.95 bits per heavy atom. The van der Waals surface area contributed by atoms with Gasteiger partial charge in [-0.15, -0.1) is 0 Å². The Bertz CT molecular complexity index is 467. The smallest absolute Gasteiger partial charge is 0.283 e. The molecule has 0 radical (unpaired) electrons. The molecule has 1 aliphatic heterocycles. The third-order valence-corrected chi connectivity index (χ3v) is 4.57. The lowest BCUT2D eigenvalue weighted by Gasteiger charge is -2.35. The van der Waals surface area contributed by atoms with Crippen LogP contribution in [0, 0.1) is 10.1 Å². The molecule has 0 spiro atoms. The SMILES string of the molecule is NCC1CCCCN1Cc1cccc([N+](=O)[O-])c1Br. The van der Waals surface area contributed by atoms with Gasteiger partial charge in [0.25, 0.3) is 5.69 Å². The van der Waals surface area contributed by atoms with Crippen molar-refractivity contribution in [3.05, 3.63) is 38.3 Å². The van der Waals surface area contributed by atoms with Gasteiger partial charge in [0.2, 0.25) is 0 Å². The summed E-state index contributed by atoms with van der Waals surface area (Å²) in [6.45, 7) is 2.37. The maximum Gasteiger partial charge on any atom is 0.283 e. The van der Waals surface area contributed by atoms with E-state index in [1.165, 1.54) is 18.9 Å². The normalized spacial score (nSPS) is 20.4. The molecule has 1 unspecified atom stereocenters. The zero-order valence-corrected chi connectivity index (χ0v) is 12.3. The average Bonchev–Trinajstić information content (AvgIpc) is 2.41. The summed E-state index contributed by atoms with van der Waals surface area (Å²) >= 11 is 3.35. The van der Waals surface area contributed by atoms with Crippen LogP contribution in [0.25, 0.3) is 0 Å². The first-order chi connectivity index (χ1) is 9.13. The largest absolute Gasteiger partial charge is 0.329 e. The summed E-state index contributed by atoms with van der Waals surface area (Å²) in [6.07, 6.45) is 3.50. The molecule has 104 valence electrons. The van der Waals surface area contributed by atoms with Crippen LogP contribution in [0.4, 0.5) is 5.69 Å². The van der Waals surface area contributed by atoms with E-state index in [2.05, 4.69) is 20.8 Å². The fourth-order valence-electron chi connectivity index (χ4n) is 2.58. The highest BCUT2D eigenvalue weighted by Crippen LogP contribution is 2.30. The van der Waals surface area contributed by atoms with Gasteiger partial charge in [-0.3, -0.25) is 15.0 Å². The van der Waals surface area contributed by atoms with Crippen LogP contribution in [0.15, 0.2) is 22.7 Å². The molecule has 0 amide bonds. The topological polar surface area (TPSA) is 72.4 Å². The molecule has 1 aromatic carbocycles. The molecule has 6 heteroatoms. The van der Waals surface area contributed by atoms with Crippen molar-refractivity contribution in [1.82, 2.24) is 4.90 Å². The summed E-state index contributed by atoms with van der Waals surface area (Å²) in [5.41, 5.74) is 6.88. The van der Waals surface area contributed by atoms with Crippen LogP contribution < -0.4 is 5.73 Å². The number of likely N-dealkylation sites (tertiary alicyclic amines) is 1. The molecule has 1 atom stereocenters. The summed E-state index contributed by atoms with van der Waals surface area (Å²) in [4.78, 5) is 12.9. The second-order valence-corrected chi connectivity index (χ2v) is 5.66. The zero-order chi connectivity index (χ0) is 13.8. The van der Waals surface area contributed by atoms with Crippen molar-refractivity contribution in [3.63, 3.8) is 0 Å². The number of nitrogens with zero attached hydrogens (tertiary/aromatic N) is 2. The quantitative estimate of drug-likeness (QED) is 0.681. The van der Waals surface area contributed by atoms with Crippen LogP contribution >= 0.6 is 15.9 Å². The number of nitrogens with two attached hydrogens (primary N) is 1. The Morgan fingerprint density at radius 1 is 1.47 bits per heavy atom. The van der Waals surface area contributed by atoms with E-state index in [9.17, 15) is 10.1 Å². The van der Waals surface area contributed by atoms with Gasteiger partial charge in [0.05, 0.1) is 9.40 Å². The molecule has 1 aromatic rings. The van der Waals surface area contributed by atoms with Gasteiger partial charge >= 0.3 is 0 Å². The van der Waals surface area contributed by atoms with Crippen molar-refractivity contribution in [3.8, 4) is 0 Å². The Balaban J connectivity index is 2.18. The van der Waals surface area contributed by atoms with E-state index in [-0.39, 0.29) is 10.6 Å². The fourth-order valence-corrected chi connectivity index (χ4v) is 3.12. The van der Waals surface area contributed by atoms with Crippen molar-refractivity contribution in [2.45, 2.75) is 31.8 Å². The van der Waals surface area contributed by atoms with E-state index in [4.69, 9.17) is 5.73 Å². The van der Waals surface area contributed by atoms with E-state index in [0.717, 1.165) is 18.5 Å². The summed E-state index contributed by atoms with van der Waals surface area (Å²) in [5.74, 6) is 0. The minimum Gasteiger partial charge on any atom is -0.329 e. The highest BCUT2D eigenvalue weighted by atomic mass is 79.9. The molecule has 0 bridgehead atoms. The van der Waals surface area contributed by atoms with Crippen molar-refractivity contribution in [2.75, 3.05) is 13.1 Å². The van der Waals surface area contributed by atoms with Gasteiger partial charge in [0.15, 0.2) is 0 Å². The molecule has 0 aliphatic carbocycles. The Hall–Kier alpha value is -0.980. The van der Waals surface area contributed by atoms with Gasteiger partial charge < -0.3 is 5.73 Å². The highest BCUT2D eigenvalue weighted by molar-refractivity contribution is 9.10. The van der Waals surface area contributed by atoms with Crippen LogP contribution in [0.5, 0.6) is 0 Å². The zero-order valence-electron chi connectivity index (χ0n) is 10.7. The van der Waals surface area contributed by atoms with Crippen LogP contribution in [-0.2, 0) is 6.54 Å². The van der Waals surface area contributed by atoms with Gasteiger partial charge in [-0.1, -0.05) is 18.6 Å². The molecule has 1 saturated heterocycles. The predicted molar refractivity (Wildman–Crippen MR) is 77.9 cm³/mol. The maximum absolute atomic E-state index is 10.9. The van der Waals surface area contributed by atoms with Crippen LogP contribution in [-0.4, -0.2) is 29.0 Å². The molecular weight excluding hydrogens is 310 g/mol. The van der Waals surface area contributed by atoms with E-state index in [1.807, 2.05) is 6.07 Å². The summed E-state index contributed by atoms with van der Waals surface area (Å²) < 4.78 is 0.585. The lowest BCUT2D eigenvalue weighted by atomic mass is 10.0. The summed E-state index contributed by atoms with van der Waals surface area (Å²) in [5, 5.41) is 10.9. The number of hydrogen-bond donors (Lipinski definition) is 1.